The third kappa shape index (κ3) is 3.76. The second-order valence-electron chi connectivity index (χ2n) is 5.60. The van der Waals surface area contributed by atoms with E-state index in [4.69, 9.17) is 4.74 Å². The Labute approximate surface area is 133 Å². The molecule has 0 heterocycles. The molecule has 0 amide bonds. The Bertz CT molecular complexity index is 702. The van der Waals surface area contributed by atoms with Crippen LogP contribution in [0.3, 0.4) is 0 Å². The number of hydrogen-bond donors (Lipinski definition) is 0. The van der Waals surface area contributed by atoms with Crippen LogP contribution in [0.15, 0.2) is 54.6 Å². The molecule has 4 heteroatoms. The highest BCUT2D eigenvalue weighted by Gasteiger charge is 2.34. The number of alkyl halides is 3. The molecule has 1 aliphatic carbocycles. The van der Waals surface area contributed by atoms with E-state index < -0.39 is 11.7 Å². The lowest BCUT2D eigenvalue weighted by Crippen LogP contribution is -2.09. The monoisotopic (exact) mass is 318 g/mol. The zero-order valence-electron chi connectivity index (χ0n) is 12.6. The van der Waals surface area contributed by atoms with Crippen LogP contribution in [0.5, 0.6) is 5.75 Å². The summed E-state index contributed by atoms with van der Waals surface area (Å²) < 4.78 is 45.6. The number of hydrogen-bond acceptors (Lipinski definition) is 1. The average Bonchev–Trinajstić information content (AvgIpc) is 3.07. The van der Waals surface area contributed by atoms with Gasteiger partial charge in [0.05, 0.1) is 5.56 Å². The predicted octanol–water partition coefficient (Wildman–Crippen LogP) is 5.85. The van der Waals surface area contributed by atoms with Crippen molar-refractivity contribution in [2.75, 3.05) is 0 Å². The lowest BCUT2D eigenvalue weighted by Gasteiger charge is -2.16. The summed E-state index contributed by atoms with van der Waals surface area (Å²) in [5.41, 5.74) is 1.37. The van der Waals surface area contributed by atoms with Gasteiger partial charge in [-0.25, -0.2) is 0 Å². The molecule has 0 bridgehead atoms. The van der Waals surface area contributed by atoms with E-state index in [1.54, 1.807) is 6.07 Å². The molecule has 0 aliphatic heterocycles. The Balaban J connectivity index is 1.85. The van der Waals surface area contributed by atoms with E-state index >= 15 is 0 Å². The highest BCUT2D eigenvalue weighted by atomic mass is 19.4. The highest BCUT2D eigenvalue weighted by molar-refractivity contribution is 5.71. The van der Waals surface area contributed by atoms with Crippen LogP contribution >= 0.6 is 0 Å². The van der Waals surface area contributed by atoms with Crippen molar-refractivity contribution in [3.05, 3.63) is 71.3 Å². The van der Waals surface area contributed by atoms with Crippen LogP contribution in [0.25, 0.3) is 5.57 Å². The fraction of sp³-hybridized carbons (Fsp3) is 0.263. The Morgan fingerprint density at radius 3 is 2.43 bits per heavy atom. The van der Waals surface area contributed by atoms with Gasteiger partial charge in [-0.05, 0) is 48.1 Å². The van der Waals surface area contributed by atoms with Gasteiger partial charge in [-0.1, -0.05) is 42.5 Å². The van der Waals surface area contributed by atoms with E-state index in [1.807, 2.05) is 36.4 Å². The van der Waals surface area contributed by atoms with Crippen LogP contribution in [0.4, 0.5) is 13.2 Å². The van der Waals surface area contributed by atoms with E-state index in [1.165, 1.54) is 6.07 Å². The Morgan fingerprint density at radius 1 is 1.00 bits per heavy atom. The minimum absolute atomic E-state index is 0.239. The van der Waals surface area contributed by atoms with Crippen LogP contribution in [-0.2, 0) is 12.8 Å². The van der Waals surface area contributed by atoms with Crippen LogP contribution in [0.2, 0.25) is 0 Å². The molecule has 0 saturated heterocycles. The molecule has 0 unspecified atom stereocenters. The number of halogens is 3. The molecule has 0 aromatic heterocycles. The zero-order valence-corrected chi connectivity index (χ0v) is 12.6. The maximum Gasteiger partial charge on any atom is 0.417 e. The topological polar surface area (TPSA) is 9.23 Å². The van der Waals surface area contributed by atoms with Crippen LogP contribution in [0, 0.1) is 0 Å². The summed E-state index contributed by atoms with van der Waals surface area (Å²) in [5.74, 6) is 0.239. The van der Waals surface area contributed by atoms with E-state index in [9.17, 15) is 13.2 Å². The van der Waals surface area contributed by atoms with Crippen molar-refractivity contribution < 1.29 is 17.9 Å². The van der Waals surface area contributed by atoms with Crippen molar-refractivity contribution in [2.24, 2.45) is 0 Å². The lowest BCUT2D eigenvalue weighted by molar-refractivity contribution is -0.137. The molecular weight excluding hydrogens is 301 g/mol. The second-order valence-corrected chi connectivity index (χ2v) is 5.60. The van der Waals surface area contributed by atoms with Crippen LogP contribution < -0.4 is 4.74 Å². The first kappa shape index (κ1) is 15.7. The number of rotatable bonds is 4. The summed E-state index contributed by atoms with van der Waals surface area (Å²) in [5, 5.41) is 0. The van der Waals surface area contributed by atoms with Crippen molar-refractivity contribution >= 4 is 5.57 Å². The summed E-state index contributed by atoms with van der Waals surface area (Å²) in [6.45, 7) is 0.250. The van der Waals surface area contributed by atoms with Gasteiger partial charge >= 0.3 is 6.18 Å². The second kappa shape index (κ2) is 6.49. The van der Waals surface area contributed by atoms with Crippen molar-refractivity contribution in [2.45, 2.75) is 32.0 Å². The third-order valence-electron chi connectivity index (χ3n) is 3.93. The summed E-state index contributed by atoms with van der Waals surface area (Å²) in [7, 11) is 0. The van der Waals surface area contributed by atoms with Gasteiger partial charge in [0.15, 0.2) is 0 Å². The maximum absolute atomic E-state index is 13.4. The van der Waals surface area contributed by atoms with Crippen molar-refractivity contribution in [3.8, 4) is 5.75 Å². The maximum atomic E-state index is 13.4. The minimum atomic E-state index is -4.38. The van der Waals surface area contributed by atoms with Gasteiger partial charge in [0.25, 0.3) is 0 Å². The molecule has 0 N–H and O–H groups in total. The number of ether oxygens (including phenoxy) is 1. The van der Waals surface area contributed by atoms with E-state index in [0.717, 1.165) is 30.0 Å². The van der Waals surface area contributed by atoms with Crippen LogP contribution in [0.1, 0.15) is 36.0 Å². The van der Waals surface area contributed by atoms with Crippen molar-refractivity contribution in [1.29, 1.82) is 0 Å². The lowest BCUT2D eigenvalue weighted by atomic mass is 9.98. The molecular formula is C19H17F3O. The van der Waals surface area contributed by atoms with Gasteiger partial charge in [-0.3, -0.25) is 0 Å². The van der Waals surface area contributed by atoms with Gasteiger partial charge < -0.3 is 4.74 Å². The molecule has 3 rings (SSSR count). The first-order valence-electron chi connectivity index (χ1n) is 7.61. The van der Waals surface area contributed by atoms with Crippen molar-refractivity contribution in [3.63, 3.8) is 0 Å². The molecule has 0 radical (unpaired) electrons. The van der Waals surface area contributed by atoms with Crippen molar-refractivity contribution in [1.82, 2.24) is 0 Å². The molecule has 120 valence electrons. The van der Waals surface area contributed by atoms with Gasteiger partial charge in [-0.15, -0.1) is 0 Å². The average molecular weight is 318 g/mol. The van der Waals surface area contributed by atoms with E-state index in [2.05, 4.69) is 0 Å². The standard InChI is InChI=1S/C19H17F3O/c20-19(21,22)18-12-16(23-13-14-6-2-1-3-7-14)10-11-17(18)15-8-4-5-9-15/h1-3,6-8,10-12H,4-5,9,13H2. The Hall–Kier alpha value is -2.23. The minimum Gasteiger partial charge on any atom is -0.489 e. The molecule has 2 aromatic rings. The molecule has 23 heavy (non-hydrogen) atoms. The Kier molecular flexibility index (Phi) is 4.42. The summed E-state index contributed by atoms with van der Waals surface area (Å²) in [4.78, 5) is 0. The molecule has 0 fully saturated rings. The Morgan fingerprint density at radius 2 is 1.78 bits per heavy atom. The fourth-order valence-corrected chi connectivity index (χ4v) is 2.78. The predicted molar refractivity (Wildman–Crippen MR) is 84.0 cm³/mol. The van der Waals surface area contributed by atoms with Gasteiger partial charge in [0.1, 0.15) is 12.4 Å². The third-order valence-corrected chi connectivity index (χ3v) is 3.93. The molecule has 1 nitrogen and oxygen atoms in total. The van der Waals surface area contributed by atoms with Crippen LogP contribution in [-0.4, -0.2) is 0 Å². The number of allylic oxidation sites excluding steroid dienone is 2. The fourth-order valence-electron chi connectivity index (χ4n) is 2.78. The van der Waals surface area contributed by atoms with Gasteiger partial charge in [0.2, 0.25) is 0 Å². The largest absolute Gasteiger partial charge is 0.489 e. The molecule has 0 spiro atoms. The first-order valence-corrected chi connectivity index (χ1v) is 7.61. The molecule has 0 saturated carbocycles. The normalized spacial score (nSPS) is 14.7. The molecule has 0 atom stereocenters. The van der Waals surface area contributed by atoms with Gasteiger partial charge in [0, 0.05) is 0 Å². The zero-order chi connectivity index (χ0) is 16.3. The smallest absolute Gasteiger partial charge is 0.417 e. The summed E-state index contributed by atoms with van der Waals surface area (Å²) in [6, 6.07) is 13.6. The van der Waals surface area contributed by atoms with Gasteiger partial charge in [-0.2, -0.15) is 13.2 Å². The number of benzene rings is 2. The molecule has 1 aliphatic rings. The molecule has 2 aromatic carbocycles. The SMILES string of the molecule is FC(F)(F)c1cc(OCc2ccccc2)ccc1C1=CCCC1. The quantitative estimate of drug-likeness (QED) is 0.687. The summed E-state index contributed by atoms with van der Waals surface area (Å²) >= 11 is 0. The summed E-state index contributed by atoms with van der Waals surface area (Å²) in [6.07, 6.45) is -0.0228. The highest BCUT2D eigenvalue weighted by Crippen LogP contribution is 2.40. The van der Waals surface area contributed by atoms with E-state index in [-0.39, 0.29) is 17.9 Å². The van der Waals surface area contributed by atoms with E-state index in [0.29, 0.717) is 6.42 Å². The first-order chi connectivity index (χ1) is 11.0.